The summed E-state index contributed by atoms with van der Waals surface area (Å²) in [6.07, 6.45) is 2.46. The highest BCUT2D eigenvalue weighted by Gasteiger charge is 2.25. The van der Waals surface area contributed by atoms with Crippen LogP contribution in [0.2, 0.25) is 0 Å². The molecule has 0 amide bonds. The van der Waals surface area contributed by atoms with Crippen molar-refractivity contribution in [1.29, 1.82) is 0 Å². The van der Waals surface area contributed by atoms with Crippen LogP contribution in [0.3, 0.4) is 0 Å². The highest BCUT2D eigenvalue weighted by Crippen LogP contribution is 2.39. The van der Waals surface area contributed by atoms with Gasteiger partial charge in [-0.3, -0.25) is 0 Å². The Balaban J connectivity index is 1.77. The monoisotopic (exact) mass is 298 g/mol. The zero-order chi connectivity index (χ0) is 15.6. The fourth-order valence-electron chi connectivity index (χ4n) is 3.93. The van der Waals surface area contributed by atoms with Gasteiger partial charge in [0.2, 0.25) is 0 Å². The first-order valence-corrected chi connectivity index (χ1v) is 8.54. The van der Waals surface area contributed by atoms with Crippen molar-refractivity contribution in [2.75, 3.05) is 0 Å². The van der Waals surface area contributed by atoms with Crippen LogP contribution in [-0.2, 0) is 6.42 Å². The lowest BCUT2D eigenvalue weighted by Crippen LogP contribution is -2.17. The quantitative estimate of drug-likeness (QED) is 0.539. The van der Waals surface area contributed by atoms with Gasteiger partial charge in [-0.25, -0.2) is 0 Å². The first kappa shape index (κ1) is 14.3. The first-order chi connectivity index (χ1) is 11.3. The fourth-order valence-corrected chi connectivity index (χ4v) is 3.93. The molecule has 0 nitrogen and oxygen atoms in total. The fraction of sp³-hybridized carbons (Fsp3) is 0.217. The first-order valence-electron chi connectivity index (χ1n) is 8.54. The molecule has 3 aromatic rings. The van der Waals surface area contributed by atoms with Crippen molar-refractivity contribution < 1.29 is 0 Å². The molecule has 0 saturated heterocycles. The summed E-state index contributed by atoms with van der Waals surface area (Å²) >= 11 is 0. The van der Waals surface area contributed by atoms with Crippen molar-refractivity contribution in [2.45, 2.75) is 25.7 Å². The van der Waals surface area contributed by atoms with Gasteiger partial charge in [0.25, 0.3) is 0 Å². The molecular formula is C23H22. The Morgan fingerprint density at radius 1 is 0.739 bits per heavy atom. The minimum absolute atomic E-state index is 0.526. The van der Waals surface area contributed by atoms with Gasteiger partial charge in [-0.15, -0.1) is 0 Å². The van der Waals surface area contributed by atoms with Gasteiger partial charge in [0.15, 0.2) is 0 Å². The topological polar surface area (TPSA) is 0 Å². The van der Waals surface area contributed by atoms with Crippen molar-refractivity contribution in [3.05, 3.63) is 95.6 Å². The molecule has 0 bridgehead atoms. The maximum atomic E-state index is 2.38. The van der Waals surface area contributed by atoms with Gasteiger partial charge in [0.05, 0.1) is 0 Å². The average molecular weight is 298 g/mol. The van der Waals surface area contributed by atoms with Gasteiger partial charge in [-0.2, -0.15) is 0 Å². The molecule has 0 fully saturated rings. The summed E-state index contributed by atoms with van der Waals surface area (Å²) in [5.74, 6) is 1.27. The van der Waals surface area contributed by atoms with Gasteiger partial charge in [-0.05, 0) is 46.6 Å². The van der Waals surface area contributed by atoms with Crippen LogP contribution in [-0.4, -0.2) is 0 Å². The molecule has 0 aliphatic heterocycles. The van der Waals surface area contributed by atoms with Crippen LogP contribution in [0.4, 0.5) is 0 Å². The Morgan fingerprint density at radius 2 is 1.48 bits per heavy atom. The third kappa shape index (κ3) is 2.82. The third-order valence-electron chi connectivity index (χ3n) is 5.03. The summed E-state index contributed by atoms with van der Waals surface area (Å²) in [4.78, 5) is 0. The Morgan fingerprint density at radius 3 is 2.35 bits per heavy atom. The molecule has 2 atom stereocenters. The Kier molecular flexibility index (Phi) is 3.75. The van der Waals surface area contributed by atoms with Gasteiger partial charge >= 0.3 is 0 Å². The summed E-state index contributed by atoms with van der Waals surface area (Å²) in [5.41, 5.74) is 7.12. The summed E-state index contributed by atoms with van der Waals surface area (Å²) < 4.78 is 0. The highest BCUT2D eigenvalue weighted by atomic mass is 14.3. The van der Waals surface area contributed by atoms with Gasteiger partial charge < -0.3 is 0 Å². The largest absolute Gasteiger partial charge is 0.0622 e. The van der Waals surface area contributed by atoms with Crippen LogP contribution in [0.5, 0.6) is 0 Å². The molecule has 114 valence electrons. The lowest BCUT2D eigenvalue weighted by molar-refractivity contribution is 0.464. The third-order valence-corrected chi connectivity index (χ3v) is 5.03. The lowest BCUT2D eigenvalue weighted by atomic mass is 9.74. The van der Waals surface area contributed by atoms with Crippen molar-refractivity contribution in [1.82, 2.24) is 0 Å². The molecule has 4 rings (SSSR count). The van der Waals surface area contributed by atoms with Crippen molar-refractivity contribution in [3.63, 3.8) is 0 Å². The summed E-state index contributed by atoms with van der Waals surface area (Å²) in [7, 11) is 0. The molecule has 0 radical (unpaired) electrons. The Bertz CT molecular complexity index is 801. The number of benzene rings is 3. The van der Waals surface area contributed by atoms with Crippen LogP contribution in [0, 0.1) is 5.92 Å². The predicted molar refractivity (Wildman–Crippen MR) is 97.6 cm³/mol. The number of fused-ring (bicyclic) bond motifs is 1. The summed E-state index contributed by atoms with van der Waals surface area (Å²) in [6.45, 7) is 2.38. The zero-order valence-electron chi connectivity index (χ0n) is 13.6. The van der Waals surface area contributed by atoms with Crippen molar-refractivity contribution in [2.24, 2.45) is 5.92 Å². The van der Waals surface area contributed by atoms with Crippen LogP contribution < -0.4 is 0 Å². The maximum Gasteiger partial charge on any atom is 0.00949 e. The second kappa shape index (κ2) is 6.04. The molecule has 0 heteroatoms. The van der Waals surface area contributed by atoms with E-state index in [1.165, 1.54) is 40.7 Å². The number of rotatable bonds is 2. The summed E-state index contributed by atoms with van der Waals surface area (Å²) in [6, 6.07) is 28.8. The molecule has 1 aliphatic carbocycles. The number of hydrogen-bond donors (Lipinski definition) is 0. The van der Waals surface area contributed by atoms with E-state index in [1.807, 2.05) is 0 Å². The predicted octanol–water partition coefficient (Wildman–Crippen LogP) is 6.07. The Hall–Kier alpha value is -2.34. The van der Waals surface area contributed by atoms with E-state index in [-0.39, 0.29) is 0 Å². The van der Waals surface area contributed by atoms with Crippen LogP contribution in [0.1, 0.15) is 36.0 Å². The van der Waals surface area contributed by atoms with E-state index in [0.29, 0.717) is 5.92 Å². The highest BCUT2D eigenvalue weighted by molar-refractivity contribution is 5.64. The van der Waals surface area contributed by atoms with Gasteiger partial charge in [-0.1, -0.05) is 85.8 Å². The molecule has 0 unspecified atom stereocenters. The molecule has 3 aromatic carbocycles. The van der Waals surface area contributed by atoms with Crippen LogP contribution in [0.25, 0.3) is 11.1 Å². The minimum atomic E-state index is 0.526. The lowest BCUT2D eigenvalue weighted by Gasteiger charge is -2.30. The van der Waals surface area contributed by atoms with E-state index in [2.05, 4.69) is 85.8 Å². The van der Waals surface area contributed by atoms with Crippen molar-refractivity contribution in [3.8, 4) is 11.1 Å². The molecule has 1 aliphatic rings. The van der Waals surface area contributed by atoms with Crippen LogP contribution in [0.15, 0.2) is 78.9 Å². The molecule has 0 heterocycles. The molecule has 0 spiro atoms. The molecule has 0 aromatic heterocycles. The molecule has 23 heavy (non-hydrogen) atoms. The van der Waals surface area contributed by atoms with E-state index in [9.17, 15) is 0 Å². The molecule has 0 saturated carbocycles. The van der Waals surface area contributed by atoms with E-state index < -0.39 is 0 Å². The van der Waals surface area contributed by atoms with Crippen molar-refractivity contribution >= 4 is 0 Å². The average Bonchev–Trinajstić information content (AvgIpc) is 2.62. The van der Waals surface area contributed by atoms with E-state index in [4.69, 9.17) is 0 Å². The smallest absolute Gasteiger partial charge is 0.00949 e. The SMILES string of the molecule is C[C@@H]1Cc2ccccc2[C@@H](c2cccc(-c3ccccc3)c2)C1. The van der Waals surface area contributed by atoms with Gasteiger partial charge in [0, 0.05) is 5.92 Å². The Labute approximate surface area is 138 Å². The zero-order valence-corrected chi connectivity index (χ0v) is 13.6. The maximum absolute atomic E-state index is 2.38. The number of hydrogen-bond acceptors (Lipinski definition) is 0. The standard InChI is InChI=1S/C23H22/c1-17-14-20-10-5-6-13-22(20)23(15-17)21-12-7-11-19(16-21)18-8-3-2-4-9-18/h2-13,16-17,23H,14-15H2,1H3/t17-,23-/m1/s1. The van der Waals surface area contributed by atoms with Gasteiger partial charge in [0.1, 0.15) is 0 Å². The van der Waals surface area contributed by atoms with E-state index >= 15 is 0 Å². The van der Waals surface area contributed by atoms with Crippen LogP contribution >= 0.6 is 0 Å². The minimum Gasteiger partial charge on any atom is -0.0622 e. The molecular weight excluding hydrogens is 276 g/mol. The molecule has 0 N–H and O–H groups in total. The summed E-state index contributed by atoms with van der Waals surface area (Å²) in [5, 5.41) is 0. The normalized spacial score (nSPS) is 20.0. The second-order valence-corrected chi connectivity index (χ2v) is 6.79. The second-order valence-electron chi connectivity index (χ2n) is 6.79. The van der Waals surface area contributed by atoms with E-state index in [0.717, 1.165) is 5.92 Å². The van der Waals surface area contributed by atoms with E-state index in [1.54, 1.807) is 0 Å².